The minimum absolute atomic E-state index is 0.0471. The zero-order valence-electron chi connectivity index (χ0n) is 20.4. The molecule has 0 saturated heterocycles. The highest BCUT2D eigenvalue weighted by atomic mass is 35.5. The molecule has 1 amide bonds. The molecule has 1 unspecified atom stereocenters. The maximum atomic E-state index is 12.3. The molecule has 2 atom stereocenters. The number of carbonyl (C=O) groups is 2. The number of rotatable bonds is 11. The highest BCUT2D eigenvalue weighted by molar-refractivity contribution is 6.31. The van der Waals surface area contributed by atoms with Gasteiger partial charge >= 0.3 is 12.1 Å². The number of aromatic nitrogens is 1. The van der Waals surface area contributed by atoms with Crippen LogP contribution in [0.4, 0.5) is 4.79 Å². The molecular weight excluding hydrogens is 466 g/mol. The van der Waals surface area contributed by atoms with Crippen LogP contribution in [-0.4, -0.2) is 46.4 Å². The summed E-state index contributed by atoms with van der Waals surface area (Å²) in [6.45, 7) is 5.72. The summed E-state index contributed by atoms with van der Waals surface area (Å²) in [6.07, 6.45) is 3.25. The monoisotopic (exact) mass is 499 g/mol. The van der Waals surface area contributed by atoms with E-state index < -0.39 is 17.7 Å². The van der Waals surface area contributed by atoms with Gasteiger partial charge in [-0.1, -0.05) is 48.0 Å². The summed E-state index contributed by atoms with van der Waals surface area (Å²) in [5, 5.41) is 17.6. The molecular formula is C27H34ClN3O4. The first-order valence-electron chi connectivity index (χ1n) is 11.8. The lowest BCUT2D eigenvalue weighted by Gasteiger charge is -2.26. The zero-order valence-corrected chi connectivity index (χ0v) is 21.2. The van der Waals surface area contributed by atoms with Crippen LogP contribution in [0.3, 0.4) is 0 Å². The van der Waals surface area contributed by atoms with Gasteiger partial charge in [-0.3, -0.25) is 4.79 Å². The number of hydrogen-bond acceptors (Lipinski definition) is 4. The van der Waals surface area contributed by atoms with Crippen LogP contribution >= 0.6 is 11.6 Å². The quantitative estimate of drug-likeness (QED) is 0.286. The van der Waals surface area contributed by atoms with E-state index in [4.69, 9.17) is 16.3 Å². The minimum Gasteiger partial charge on any atom is -0.481 e. The largest absolute Gasteiger partial charge is 0.481 e. The van der Waals surface area contributed by atoms with Crippen molar-refractivity contribution in [1.29, 1.82) is 0 Å². The molecule has 4 N–H and O–H groups in total. The molecule has 0 saturated carbocycles. The second-order valence-corrected chi connectivity index (χ2v) is 10.1. The van der Waals surface area contributed by atoms with E-state index in [1.54, 1.807) is 0 Å². The highest BCUT2D eigenvalue weighted by Crippen LogP contribution is 2.21. The number of carboxylic acid groups (broad SMARTS) is 1. The van der Waals surface area contributed by atoms with Gasteiger partial charge in [-0.2, -0.15) is 0 Å². The van der Waals surface area contributed by atoms with Crippen molar-refractivity contribution in [1.82, 2.24) is 15.6 Å². The Morgan fingerprint density at radius 2 is 1.77 bits per heavy atom. The summed E-state index contributed by atoms with van der Waals surface area (Å²) in [4.78, 5) is 27.2. The molecule has 7 nitrogen and oxygen atoms in total. The number of nitrogens with one attached hydrogen (secondary N) is 3. The number of benzene rings is 2. The molecule has 0 aliphatic carbocycles. The maximum Gasteiger partial charge on any atom is 0.407 e. The van der Waals surface area contributed by atoms with Crippen LogP contribution in [0.1, 0.15) is 44.7 Å². The average molecular weight is 500 g/mol. The Labute approximate surface area is 211 Å². The fraction of sp³-hybridized carbons (Fsp3) is 0.407. The highest BCUT2D eigenvalue weighted by Gasteiger charge is 2.22. The van der Waals surface area contributed by atoms with Crippen molar-refractivity contribution in [2.45, 2.75) is 64.1 Å². The molecule has 188 valence electrons. The lowest BCUT2D eigenvalue weighted by atomic mass is 9.99. The third kappa shape index (κ3) is 8.60. The number of aliphatic carboxylic acids is 1. The Morgan fingerprint density at radius 3 is 2.49 bits per heavy atom. The van der Waals surface area contributed by atoms with Gasteiger partial charge in [-0.15, -0.1) is 0 Å². The molecule has 0 spiro atoms. The van der Waals surface area contributed by atoms with E-state index in [1.807, 2.05) is 75.5 Å². The molecule has 8 heteroatoms. The molecule has 3 rings (SSSR count). The summed E-state index contributed by atoms with van der Waals surface area (Å²) in [6, 6.07) is 15.1. The number of fused-ring (bicyclic) bond motifs is 1. The first-order valence-corrected chi connectivity index (χ1v) is 12.2. The molecule has 1 heterocycles. The van der Waals surface area contributed by atoms with Gasteiger partial charge in [0.1, 0.15) is 5.60 Å². The smallest absolute Gasteiger partial charge is 0.407 e. The standard InChI is InChI=1S/C27H34ClN3O4/c1-27(2,3)35-26(34)30-17-20(13-12-18-8-4-6-10-23(18)28)31-21(15-25(32)33)14-19-16-29-24-11-7-5-9-22(19)24/h4-11,16,20-21,29,31H,12-15,17H2,1-3H3,(H,30,34)(H,32,33)/t20?,21-/m0/s1. The van der Waals surface area contributed by atoms with E-state index in [-0.39, 0.29) is 18.5 Å². The summed E-state index contributed by atoms with van der Waals surface area (Å²) < 4.78 is 5.38. The number of aromatic amines is 1. The Morgan fingerprint density at radius 1 is 1.06 bits per heavy atom. The van der Waals surface area contributed by atoms with Crippen LogP contribution in [0.15, 0.2) is 54.7 Å². The molecule has 0 bridgehead atoms. The predicted molar refractivity (Wildman–Crippen MR) is 139 cm³/mol. The number of carbonyl (C=O) groups excluding carboxylic acids is 1. The second-order valence-electron chi connectivity index (χ2n) is 9.73. The Kier molecular flexibility index (Phi) is 9.18. The van der Waals surface area contributed by atoms with Crippen molar-refractivity contribution in [3.63, 3.8) is 0 Å². The topological polar surface area (TPSA) is 103 Å². The fourth-order valence-corrected chi connectivity index (χ4v) is 4.33. The Bertz CT molecular complexity index is 1140. The van der Waals surface area contributed by atoms with Crippen LogP contribution < -0.4 is 10.6 Å². The van der Waals surface area contributed by atoms with E-state index >= 15 is 0 Å². The van der Waals surface area contributed by atoms with Gasteiger partial charge in [0.15, 0.2) is 0 Å². The molecule has 0 aliphatic heterocycles. The van der Waals surface area contributed by atoms with Crippen molar-refractivity contribution in [2.75, 3.05) is 6.54 Å². The first kappa shape index (κ1) is 26.6. The van der Waals surface area contributed by atoms with Gasteiger partial charge in [-0.25, -0.2) is 4.79 Å². The summed E-state index contributed by atoms with van der Waals surface area (Å²) in [5.41, 5.74) is 2.46. The number of hydrogen-bond donors (Lipinski definition) is 4. The van der Waals surface area contributed by atoms with Crippen molar-refractivity contribution in [2.24, 2.45) is 0 Å². The van der Waals surface area contributed by atoms with Gasteiger partial charge in [0.2, 0.25) is 0 Å². The number of alkyl carbamates (subject to hydrolysis) is 1. The maximum absolute atomic E-state index is 12.3. The normalized spacial score (nSPS) is 13.4. The molecule has 2 aromatic carbocycles. The van der Waals surface area contributed by atoms with E-state index in [2.05, 4.69) is 15.6 Å². The predicted octanol–water partition coefficient (Wildman–Crippen LogP) is 5.32. The van der Waals surface area contributed by atoms with Gasteiger partial charge < -0.3 is 25.5 Å². The van der Waals surface area contributed by atoms with E-state index in [0.717, 1.165) is 22.0 Å². The van der Waals surface area contributed by atoms with Crippen LogP contribution in [0.2, 0.25) is 5.02 Å². The van der Waals surface area contributed by atoms with Gasteiger partial charge in [-0.05, 0) is 63.3 Å². The fourth-order valence-electron chi connectivity index (χ4n) is 4.10. The molecule has 3 aromatic rings. The Balaban J connectivity index is 1.74. The number of aryl methyl sites for hydroxylation is 1. The van der Waals surface area contributed by atoms with E-state index in [1.165, 1.54) is 0 Å². The molecule has 0 radical (unpaired) electrons. The van der Waals surface area contributed by atoms with Crippen molar-refractivity contribution in [3.05, 3.63) is 70.9 Å². The second kappa shape index (κ2) is 12.1. The van der Waals surface area contributed by atoms with Crippen LogP contribution in [0, 0.1) is 0 Å². The molecule has 1 aromatic heterocycles. The van der Waals surface area contributed by atoms with E-state index in [9.17, 15) is 14.7 Å². The number of para-hydroxylation sites is 1. The number of halogens is 1. The summed E-state index contributed by atoms with van der Waals surface area (Å²) in [7, 11) is 0. The zero-order chi connectivity index (χ0) is 25.4. The Hall–Kier alpha value is -3.03. The van der Waals surface area contributed by atoms with Crippen molar-refractivity contribution >= 4 is 34.6 Å². The van der Waals surface area contributed by atoms with Gasteiger partial charge in [0.25, 0.3) is 0 Å². The number of ether oxygens (including phenoxy) is 1. The summed E-state index contributed by atoms with van der Waals surface area (Å²) in [5.74, 6) is -0.882. The van der Waals surface area contributed by atoms with Crippen molar-refractivity contribution < 1.29 is 19.4 Å². The first-order chi connectivity index (χ1) is 16.6. The minimum atomic E-state index is -0.882. The van der Waals surface area contributed by atoms with E-state index in [0.29, 0.717) is 30.8 Å². The molecule has 0 aliphatic rings. The van der Waals surface area contributed by atoms with Gasteiger partial charge in [0, 0.05) is 40.8 Å². The SMILES string of the molecule is CC(C)(C)OC(=O)NCC(CCc1ccccc1Cl)N[C@H](CC(=O)O)Cc1c[nH]c2ccccc12. The van der Waals surface area contributed by atoms with Crippen molar-refractivity contribution in [3.8, 4) is 0 Å². The molecule has 35 heavy (non-hydrogen) atoms. The number of carboxylic acids is 1. The average Bonchev–Trinajstić information content (AvgIpc) is 3.18. The van der Waals surface area contributed by atoms with Crippen LogP contribution in [0.25, 0.3) is 10.9 Å². The third-order valence-corrected chi connectivity index (χ3v) is 6.01. The van der Waals surface area contributed by atoms with Crippen LogP contribution in [-0.2, 0) is 22.4 Å². The molecule has 0 fully saturated rings. The third-order valence-electron chi connectivity index (χ3n) is 5.65. The lowest BCUT2D eigenvalue weighted by molar-refractivity contribution is -0.137. The lowest BCUT2D eigenvalue weighted by Crippen LogP contribution is -2.48. The number of H-pyrrole nitrogens is 1. The summed E-state index contributed by atoms with van der Waals surface area (Å²) >= 11 is 6.34. The number of amides is 1. The van der Waals surface area contributed by atoms with Crippen LogP contribution in [0.5, 0.6) is 0 Å². The van der Waals surface area contributed by atoms with Gasteiger partial charge in [0.05, 0.1) is 6.42 Å².